The second-order valence-electron chi connectivity index (χ2n) is 32.1. The van der Waals surface area contributed by atoms with Crippen LogP contribution in [0.2, 0.25) is 0 Å². The van der Waals surface area contributed by atoms with Crippen molar-refractivity contribution in [3.63, 3.8) is 0 Å². The van der Waals surface area contributed by atoms with Gasteiger partial charge < -0.3 is 139 Å². The summed E-state index contributed by atoms with van der Waals surface area (Å²) in [6.45, 7) is 10.6. The predicted molar refractivity (Wildman–Crippen MR) is 426 cm³/mol. The first-order valence-electron chi connectivity index (χ1n) is 39.8. The van der Waals surface area contributed by atoms with Crippen LogP contribution in [-0.2, 0) is 65.6 Å². The molecule has 4 aromatic rings. The zero-order chi connectivity index (χ0) is 91.0. The summed E-state index contributed by atoms with van der Waals surface area (Å²) in [5.41, 5.74) is -1.79. The average Bonchev–Trinajstić information content (AvgIpc) is 1.59. The maximum Gasteiger partial charge on any atom is 0.416 e. The second-order valence-corrected chi connectivity index (χ2v) is 32.1. The number of carboxylic acid groups (broad SMARTS) is 2. The summed E-state index contributed by atoms with van der Waals surface area (Å²) in [6, 6.07) is 9.30. The van der Waals surface area contributed by atoms with Gasteiger partial charge in [-0.05, 0) is 112 Å². The lowest BCUT2D eigenvalue weighted by Crippen LogP contribution is -2.61. The molecule has 4 fully saturated rings. The van der Waals surface area contributed by atoms with E-state index in [-0.39, 0.29) is 145 Å². The quantitative estimate of drug-likeness (QED) is 0.0132. The first-order valence-corrected chi connectivity index (χ1v) is 39.8. The monoisotopic (exact) mass is 1760 g/mol. The number of hydrogen-bond donors (Lipinski definition) is 14. The Balaban J connectivity index is 0.768. The number of benzene rings is 4. The number of amides is 10. The Morgan fingerprint density at radius 1 is 0.552 bits per heavy atom. The topological polar surface area (TPSA) is 582 Å². The molecule has 0 spiro atoms. The molecule has 4 aromatic carbocycles. The highest BCUT2D eigenvalue weighted by Gasteiger charge is 2.54. The number of rotatable bonds is 33. The van der Waals surface area contributed by atoms with E-state index in [1.807, 2.05) is 13.8 Å². The lowest BCUT2D eigenvalue weighted by molar-refractivity contribution is -0.271. The lowest BCUT2D eigenvalue weighted by atomic mass is 9.90. The van der Waals surface area contributed by atoms with Crippen LogP contribution in [-0.4, -0.2) is 315 Å². The number of aliphatic carboxylic acids is 2. The van der Waals surface area contributed by atoms with Crippen molar-refractivity contribution < 1.29 is 165 Å². The van der Waals surface area contributed by atoms with Crippen molar-refractivity contribution in [1.29, 1.82) is 0 Å². The summed E-state index contributed by atoms with van der Waals surface area (Å²) in [5, 5.41) is 118. The summed E-state index contributed by atoms with van der Waals surface area (Å²) < 4.78 is 68.3. The van der Waals surface area contributed by atoms with Crippen LogP contribution in [0, 0.1) is 5.41 Å². The van der Waals surface area contributed by atoms with E-state index in [0.717, 1.165) is 28.0 Å². The molecule has 43 nitrogen and oxygen atoms in total. The molecule has 7 heterocycles. The van der Waals surface area contributed by atoms with Gasteiger partial charge in [0, 0.05) is 64.1 Å². The number of aliphatic hydroxyl groups is 8. The van der Waals surface area contributed by atoms with Crippen molar-refractivity contribution in [1.82, 2.24) is 36.0 Å². The SMILES string of the molecule is C=C1C[C@H]2C(O)N(C(=O)OCc3ccc(O[C@@H]4O[C@H](C(=O)O)[C@@H](O)[C@H](O)[C@H]4O)c(C(=O)NCCCNC(=O)C(CNC(=O)OC(C)(C)C)N4C(=O)C=CC4=O)c3)c3cc(OCCCCCOc4cc5c(cc4OC)C(=O)N4CC(C)(C)C[C@H]4C(O)N5C(=O)OCc4ccc(O[C@@H]5O[C@H](C(=O)O)[C@@H](O)[C@H](O)[C@H]5O)c(C(=O)NCCOC)c4)c(OC)cc3C(=O)N2C1. The number of nitrogens with one attached hydrogen (secondary N) is 4. The van der Waals surface area contributed by atoms with E-state index in [0.29, 0.717) is 29.7 Å². The standard InChI is InChI=1S/C82H101N9O34/c1-39-26-48-72(105)90(79(112)119-36-40-14-16-51(121-76-63(98)59(94)61(96)65(123-76)74(107)108)44(27-40)67(100)83-20-13-21-84-69(102)50(89-57(92)18-19-58(89)93)34-86-78(111)125-81(2,3)4)46-31-55(53(115-8)29-42(46)70(103)87(48)35-39)117-23-11-10-12-24-118-56-32-47-43(30-54(56)116-9)71(104)88-38-82(5,6)33-49(88)73(106)91(47)80(113)120-37-41-15-17-52(45(28-41)68(101)85-22-25-114-7)122-77-64(99)60(95)62(97)66(124-77)75(109)110/h14-19,27-32,48-50,59-66,72-73,76-77,94-99,105-106H,1,10-13,20-26,33-38H2,2-9H3,(H,83,100)(H,84,102)(H,85,101)(H,86,111)(H,107,108)(H,109,110)/t48-,49-,50?,59-,60-,61-,62-,63+,64+,65-,66-,72?,73?,76+,77+/m0/s1. The summed E-state index contributed by atoms with van der Waals surface area (Å²) in [4.78, 5) is 167. The van der Waals surface area contributed by atoms with E-state index in [1.165, 1.54) is 85.7 Å². The van der Waals surface area contributed by atoms with Gasteiger partial charge in [-0.25, -0.2) is 33.8 Å². The van der Waals surface area contributed by atoms with Gasteiger partial charge >= 0.3 is 30.2 Å². The molecule has 7 aliphatic heterocycles. The number of ether oxygens (including phenoxy) is 12. The highest BCUT2D eigenvalue weighted by Crippen LogP contribution is 2.47. The fraction of sp³-hybridized carbons (Fsp3) is 0.512. The Morgan fingerprint density at radius 2 is 1.02 bits per heavy atom. The average molecular weight is 1760 g/mol. The molecule has 43 heteroatoms. The van der Waals surface area contributed by atoms with Crippen molar-refractivity contribution in [3.8, 4) is 34.5 Å². The highest BCUT2D eigenvalue weighted by atomic mass is 16.7. The number of hydrogen-bond acceptors (Lipinski definition) is 32. The Labute approximate surface area is 714 Å². The van der Waals surface area contributed by atoms with Gasteiger partial charge in [-0.15, -0.1) is 0 Å². The fourth-order valence-corrected chi connectivity index (χ4v) is 15.1. The first kappa shape index (κ1) is 93.7. The van der Waals surface area contributed by atoms with Gasteiger partial charge in [-0.3, -0.25) is 38.5 Å². The van der Waals surface area contributed by atoms with Crippen molar-refractivity contribution in [3.05, 3.63) is 118 Å². The van der Waals surface area contributed by atoms with Crippen LogP contribution in [0.25, 0.3) is 0 Å². The number of fused-ring (bicyclic) bond motifs is 4. The minimum Gasteiger partial charge on any atom is -0.493 e. The summed E-state index contributed by atoms with van der Waals surface area (Å²) >= 11 is 0. The van der Waals surface area contributed by atoms with Crippen LogP contribution in [0.3, 0.4) is 0 Å². The molecule has 678 valence electrons. The largest absolute Gasteiger partial charge is 0.493 e. The van der Waals surface area contributed by atoms with Gasteiger partial charge in [0.2, 0.25) is 18.5 Å². The molecule has 11 rings (SSSR count). The molecule has 0 aromatic heterocycles. The highest BCUT2D eigenvalue weighted by molar-refractivity contribution is 6.15. The number of carbonyl (C=O) groups is 12. The third-order valence-corrected chi connectivity index (χ3v) is 21.3. The Morgan fingerprint density at radius 3 is 1.50 bits per heavy atom. The predicted octanol–water partition coefficient (Wildman–Crippen LogP) is 0.266. The summed E-state index contributed by atoms with van der Waals surface area (Å²) in [7, 11) is 4.05. The molecule has 0 radical (unpaired) electrons. The van der Waals surface area contributed by atoms with Crippen LogP contribution in [0.4, 0.5) is 25.8 Å². The van der Waals surface area contributed by atoms with Crippen LogP contribution in [0.15, 0.2) is 85.0 Å². The lowest BCUT2D eigenvalue weighted by Gasteiger charge is -2.38. The second kappa shape index (κ2) is 39.9. The summed E-state index contributed by atoms with van der Waals surface area (Å²) in [5.74, 6) is -9.34. The molecular weight excluding hydrogens is 1650 g/mol. The molecular formula is C82H101N9O34. The number of nitrogens with zero attached hydrogens (tertiary/aromatic N) is 5. The molecule has 3 unspecified atom stereocenters. The van der Waals surface area contributed by atoms with Crippen LogP contribution in [0.5, 0.6) is 34.5 Å². The number of carbonyl (C=O) groups excluding carboxylic acids is 10. The van der Waals surface area contributed by atoms with Crippen molar-refractivity contribution in [2.75, 3.05) is 90.2 Å². The van der Waals surface area contributed by atoms with E-state index in [2.05, 4.69) is 27.8 Å². The number of methoxy groups -OCH3 is 3. The van der Waals surface area contributed by atoms with Gasteiger partial charge in [0.25, 0.3) is 35.4 Å². The van der Waals surface area contributed by atoms with Gasteiger partial charge in [-0.1, -0.05) is 38.1 Å². The third-order valence-electron chi connectivity index (χ3n) is 21.3. The van der Waals surface area contributed by atoms with E-state index in [4.69, 9.17) is 56.8 Å². The van der Waals surface area contributed by atoms with Crippen LogP contribution >= 0.6 is 0 Å². The van der Waals surface area contributed by atoms with Gasteiger partial charge in [0.15, 0.2) is 47.7 Å². The van der Waals surface area contributed by atoms with Crippen molar-refractivity contribution in [2.24, 2.45) is 5.41 Å². The normalized spacial score (nSPS) is 24.6. The molecule has 7 aliphatic rings. The van der Waals surface area contributed by atoms with E-state index < -0.39 is 200 Å². The minimum atomic E-state index is -2.13. The molecule has 14 N–H and O–H groups in total. The number of anilines is 2. The van der Waals surface area contributed by atoms with Gasteiger partial charge in [0.1, 0.15) is 73.0 Å². The Kier molecular flexibility index (Phi) is 29.9. The fourth-order valence-electron chi connectivity index (χ4n) is 15.1. The number of aliphatic hydroxyl groups excluding tert-OH is 8. The zero-order valence-electron chi connectivity index (χ0n) is 69.3. The van der Waals surface area contributed by atoms with Gasteiger partial charge in [-0.2, -0.15) is 0 Å². The van der Waals surface area contributed by atoms with Crippen LogP contribution in [0.1, 0.15) is 126 Å². The number of alkyl carbamates (subject to hydrolysis) is 1. The number of unbranched alkanes of at least 4 members (excludes halogenated alkanes) is 2. The maximum atomic E-state index is 14.8. The van der Waals surface area contributed by atoms with Crippen LogP contribution < -0.4 is 59.5 Å². The summed E-state index contributed by atoms with van der Waals surface area (Å²) in [6.07, 6.45) is -24.1. The molecule has 0 aliphatic carbocycles. The number of carboxylic acids is 2. The third kappa shape index (κ3) is 21.3. The van der Waals surface area contributed by atoms with Crippen molar-refractivity contribution >= 4 is 82.9 Å². The Bertz CT molecular complexity index is 4790. The molecule has 4 saturated heterocycles. The molecule has 0 bridgehead atoms. The van der Waals surface area contributed by atoms with Crippen molar-refractivity contribution in [2.45, 2.75) is 184 Å². The molecule has 125 heavy (non-hydrogen) atoms. The zero-order valence-corrected chi connectivity index (χ0v) is 69.3. The molecule has 15 atom stereocenters. The Hall–Kier alpha value is -12.0. The molecule has 0 saturated carbocycles. The van der Waals surface area contributed by atoms with E-state index in [9.17, 15) is 109 Å². The number of imide groups is 1. The van der Waals surface area contributed by atoms with E-state index in [1.54, 1.807) is 20.8 Å². The maximum absolute atomic E-state index is 14.8. The van der Waals surface area contributed by atoms with Gasteiger partial charge in [0.05, 0.1) is 86.3 Å². The molecule has 10 amide bonds. The smallest absolute Gasteiger partial charge is 0.416 e. The first-order chi connectivity index (χ1) is 59.2. The van der Waals surface area contributed by atoms with E-state index >= 15 is 0 Å². The minimum absolute atomic E-state index is 0.00100.